The molecule has 0 aliphatic carbocycles. The van der Waals surface area contributed by atoms with Crippen molar-refractivity contribution in [2.75, 3.05) is 0 Å². The van der Waals surface area contributed by atoms with E-state index in [9.17, 15) is 0 Å². The summed E-state index contributed by atoms with van der Waals surface area (Å²) in [5.41, 5.74) is 6.67. The Morgan fingerprint density at radius 1 is 0.487 bits per heavy atom. The normalized spacial score (nSPS) is 12.5. The van der Waals surface area contributed by atoms with Crippen LogP contribution in [0.25, 0.3) is 74.7 Å². The summed E-state index contributed by atoms with van der Waals surface area (Å²) < 4.78 is 2.71. The van der Waals surface area contributed by atoms with E-state index in [4.69, 9.17) is 0 Å². The number of hydrogen-bond acceptors (Lipinski definition) is 1. The molecule has 0 nitrogen and oxygen atoms in total. The quantitative estimate of drug-likeness (QED) is 0.200. The first-order chi connectivity index (χ1) is 19.0. The van der Waals surface area contributed by atoms with Crippen molar-refractivity contribution in [1.29, 1.82) is 0 Å². The highest BCUT2D eigenvalue weighted by molar-refractivity contribution is 7.26. The molecule has 0 aliphatic heterocycles. The van der Waals surface area contributed by atoms with Crippen LogP contribution in [0.1, 0.15) is 26.3 Å². The molecule has 0 unspecified atom stereocenters. The summed E-state index contributed by atoms with van der Waals surface area (Å²) in [6.07, 6.45) is 0. The third-order valence-corrected chi connectivity index (χ3v) is 9.60. The predicted octanol–water partition coefficient (Wildman–Crippen LogP) is 11.6. The fourth-order valence-electron chi connectivity index (χ4n) is 6.41. The van der Waals surface area contributed by atoms with E-state index in [2.05, 4.69) is 136 Å². The van der Waals surface area contributed by atoms with E-state index in [1.165, 1.54) is 80.3 Å². The molecule has 0 saturated carbocycles. The predicted molar refractivity (Wildman–Crippen MR) is 173 cm³/mol. The van der Waals surface area contributed by atoms with Crippen LogP contribution in [0.3, 0.4) is 0 Å². The van der Waals surface area contributed by atoms with Crippen LogP contribution in [-0.4, -0.2) is 0 Å². The molecule has 0 bridgehead atoms. The van der Waals surface area contributed by atoms with E-state index in [1.54, 1.807) is 0 Å². The van der Waals surface area contributed by atoms with Crippen LogP contribution in [0, 0.1) is 0 Å². The summed E-state index contributed by atoms with van der Waals surface area (Å²) >= 11 is 1.91. The second-order valence-electron chi connectivity index (χ2n) is 11.8. The minimum atomic E-state index is 0.0886. The van der Waals surface area contributed by atoms with Crippen LogP contribution in [-0.2, 0) is 5.41 Å². The molecule has 0 spiro atoms. The van der Waals surface area contributed by atoms with Gasteiger partial charge in [-0.25, -0.2) is 0 Å². The highest BCUT2D eigenvalue weighted by Crippen LogP contribution is 2.47. The van der Waals surface area contributed by atoms with E-state index < -0.39 is 0 Å². The van der Waals surface area contributed by atoms with Gasteiger partial charge in [0.1, 0.15) is 0 Å². The second kappa shape index (κ2) is 8.15. The van der Waals surface area contributed by atoms with Crippen LogP contribution < -0.4 is 0 Å². The van der Waals surface area contributed by atoms with Crippen LogP contribution >= 0.6 is 11.3 Å². The van der Waals surface area contributed by atoms with Gasteiger partial charge in [-0.05, 0) is 72.1 Å². The van der Waals surface area contributed by atoms with Gasteiger partial charge in [-0.3, -0.25) is 0 Å². The molecule has 1 heterocycles. The molecule has 39 heavy (non-hydrogen) atoms. The Morgan fingerprint density at radius 3 is 1.97 bits per heavy atom. The second-order valence-corrected chi connectivity index (χ2v) is 12.8. The first-order valence-electron chi connectivity index (χ1n) is 13.7. The topological polar surface area (TPSA) is 0 Å². The maximum atomic E-state index is 2.46. The van der Waals surface area contributed by atoms with Crippen molar-refractivity contribution >= 4 is 63.8 Å². The molecule has 0 radical (unpaired) electrons. The average molecular weight is 517 g/mol. The Bertz CT molecular complexity index is 2190. The molecule has 1 aromatic heterocycles. The Balaban J connectivity index is 1.54. The molecular weight excluding hydrogens is 488 g/mol. The highest BCUT2D eigenvalue weighted by Gasteiger charge is 2.20. The zero-order valence-corrected chi connectivity index (χ0v) is 23.2. The number of hydrogen-bond donors (Lipinski definition) is 0. The molecule has 186 valence electrons. The highest BCUT2D eigenvalue weighted by atomic mass is 32.1. The van der Waals surface area contributed by atoms with Gasteiger partial charge in [-0.1, -0.05) is 124 Å². The van der Waals surface area contributed by atoms with E-state index in [0.29, 0.717) is 0 Å². The summed E-state index contributed by atoms with van der Waals surface area (Å²) in [5, 5.41) is 10.7. The SMILES string of the molecule is CC(C)(C)c1cccc(-c2cc(-c3cccc4c3sc3ccccc34)c3ccc4cccc5ccc2c3c54)c1. The van der Waals surface area contributed by atoms with Gasteiger partial charge in [0.2, 0.25) is 0 Å². The lowest BCUT2D eigenvalue weighted by atomic mass is 9.82. The number of benzene rings is 7. The fraction of sp³-hybridized carbons (Fsp3) is 0.105. The van der Waals surface area contributed by atoms with Crippen LogP contribution in [0.2, 0.25) is 0 Å². The van der Waals surface area contributed by atoms with Gasteiger partial charge in [-0.15, -0.1) is 11.3 Å². The minimum Gasteiger partial charge on any atom is -0.135 e. The van der Waals surface area contributed by atoms with Crippen LogP contribution in [0.15, 0.2) is 115 Å². The zero-order valence-electron chi connectivity index (χ0n) is 22.4. The molecule has 8 rings (SSSR count). The lowest BCUT2D eigenvalue weighted by molar-refractivity contribution is 0.590. The summed E-state index contributed by atoms with van der Waals surface area (Å²) in [4.78, 5) is 0. The number of rotatable bonds is 2. The van der Waals surface area contributed by atoms with Gasteiger partial charge in [-0.2, -0.15) is 0 Å². The maximum Gasteiger partial charge on any atom is 0.0434 e. The van der Waals surface area contributed by atoms with Gasteiger partial charge in [0.05, 0.1) is 0 Å². The van der Waals surface area contributed by atoms with Crippen molar-refractivity contribution in [1.82, 2.24) is 0 Å². The van der Waals surface area contributed by atoms with Gasteiger partial charge >= 0.3 is 0 Å². The van der Waals surface area contributed by atoms with Crippen LogP contribution in [0.4, 0.5) is 0 Å². The van der Waals surface area contributed by atoms with Crippen molar-refractivity contribution in [2.45, 2.75) is 26.2 Å². The molecular formula is C38H28S. The number of thiophene rings is 1. The standard InChI is InChI=1S/C38H28S/c1-38(2,3)26-12-7-11-25(21-26)32-22-33(31-15-8-14-30-27-13-4-5-16-34(27)39-37(30)31)29-20-18-24-10-6-9-23-17-19-28(32)36(29)35(23)24/h4-22H,1-3H3. The summed E-state index contributed by atoms with van der Waals surface area (Å²) in [6, 6.07) is 43.2. The first-order valence-corrected chi connectivity index (χ1v) is 14.5. The Morgan fingerprint density at radius 2 is 1.18 bits per heavy atom. The molecule has 0 amide bonds. The molecule has 1 heteroatoms. The zero-order chi connectivity index (χ0) is 26.3. The average Bonchev–Trinajstić information content (AvgIpc) is 3.34. The van der Waals surface area contributed by atoms with Gasteiger partial charge in [0.15, 0.2) is 0 Å². The monoisotopic (exact) mass is 516 g/mol. The van der Waals surface area contributed by atoms with E-state index in [-0.39, 0.29) is 5.41 Å². The molecule has 0 fully saturated rings. The fourth-order valence-corrected chi connectivity index (χ4v) is 7.64. The van der Waals surface area contributed by atoms with Crippen molar-refractivity contribution in [3.8, 4) is 22.3 Å². The van der Waals surface area contributed by atoms with Crippen molar-refractivity contribution in [3.05, 3.63) is 121 Å². The molecule has 0 atom stereocenters. The summed E-state index contributed by atoms with van der Waals surface area (Å²) in [6.45, 7) is 6.89. The van der Waals surface area contributed by atoms with Crippen LogP contribution in [0.5, 0.6) is 0 Å². The Hall–Kier alpha value is -4.20. The van der Waals surface area contributed by atoms with Crippen molar-refractivity contribution < 1.29 is 0 Å². The molecule has 8 aromatic rings. The van der Waals surface area contributed by atoms with Gasteiger partial charge < -0.3 is 0 Å². The molecule has 0 saturated heterocycles. The molecule has 0 aliphatic rings. The minimum absolute atomic E-state index is 0.0886. The van der Waals surface area contributed by atoms with E-state index in [1.807, 2.05) is 11.3 Å². The smallest absolute Gasteiger partial charge is 0.0434 e. The lowest BCUT2D eigenvalue weighted by Crippen LogP contribution is -2.10. The first kappa shape index (κ1) is 22.8. The summed E-state index contributed by atoms with van der Waals surface area (Å²) in [7, 11) is 0. The van der Waals surface area contributed by atoms with E-state index in [0.717, 1.165) is 0 Å². The maximum absolute atomic E-state index is 2.46. The Labute approximate surface area is 232 Å². The van der Waals surface area contributed by atoms with Gasteiger partial charge in [0.25, 0.3) is 0 Å². The lowest BCUT2D eigenvalue weighted by Gasteiger charge is -2.21. The summed E-state index contributed by atoms with van der Waals surface area (Å²) in [5.74, 6) is 0. The van der Waals surface area contributed by atoms with Crippen molar-refractivity contribution in [2.24, 2.45) is 0 Å². The Kier molecular flexibility index (Phi) is 4.75. The van der Waals surface area contributed by atoms with Gasteiger partial charge in [0, 0.05) is 25.7 Å². The number of fused-ring (bicyclic) bond motifs is 3. The third-order valence-electron chi connectivity index (χ3n) is 8.38. The molecule has 0 N–H and O–H groups in total. The third kappa shape index (κ3) is 3.36. The molecule has 7 aromatic carbocycles. The van der Waals surface area contributed by atoms with Crippen molar-refractivity contribution in [3.63, 3.8) is 0 Å². The largest absolute Gasteiger partial charge is 0.135 e. The van der Waals surface area contributed by atoms with E-state index >= 15 is 0 Å².